The van der Waals surface area contributed by atoms with Gasteiger partial charge in [0.1, 0.15) is 17.2 Å². The molecular weight excluding hydrogens is 368 g/mol. The summed E-state index contributed by atoms with van der Waals surface area (Å²) in [7, 11) is 0. The van der Waals surface area contributed by atoms with Crippen molar-refractivity contribution in [2.45, 2.75) is 20.4 Å². The molecule has 4 aromatic rings. The van der Waals surface area contributed by atoms with Gasteiger partial charge in [0.15, 0.2) is 0 Å². The molecule has 10 heteroatoms. The first-order chi connectivity index (χ1) is 12.9. The summed E-state index contributed by atoms with van der Waals surface area (Å²) in [5.41, 5.74) is 2.75. The van der Waals surface area contributed by atoms with E-state index in [1.165, 1.54) is 22.3 Å². The lowest BCUT2D eigenvalue weighted by molar-refractivity contribution is -0.394. The molecule has 0 aliphatic rings. The molecule has 9 nitrogen and oxygen atoms in total. The summed E-state index contributed by atoms with van der Waals surface area (Å²) in [5, 5.41) is 15.0. The fraction of sp³-hybridized carbons (Fsp3) is 0.176. The van der Waals surface area contributed by atoms with Gasteiger partial charge in [-0.2, -0.15) is 4.68 Å². The Morgan fingerprint density at radius 1 is 1.26 bits per heavy atom. The number of rotatable bonds is 4. The monoisotopic (exact) mass is 382 g/mol. The lowest BCUT2D eigenvalue weighted by Gasteiger charge is -2.03. The van der Waals surface area contributed by atoms with Gasteiger partial charge in [-0.1, -0.05) is 34.8 Å². The maximum absolute atomic E-state index is 12.7. The van der Waals surface area contributed by atoms with Crippen molar-refractivity contribution < 1.29 is 4.92 Å². The van der Waals surface area contributed by atoms with Crippen LogP contribution in [0.25, 0.3) is 21.3 Å². The lowest BCUT2D eigenvalue weighted by atomic mass is 10.0. The summed E-state index contributed by atoms with van der Waals surface area (Å²) in [4.78, 5) is 35.2. The second-order valence-electron chi connectivity index (χ2n) is 6.09. The predicted octanol–water partition coefficient (Wildman–Crippen LogP) is 2.82. The van der Waals surface area contributed by atoms with E-state index in [0.29, 0.717) is 16.0 Å². The highest BCUT2D eigenvalue weighted by molar-refractivity contribution is 7.19. The summed E-state index contributed by atoms with van der Waals surface area (Å²) in [6, 6.07) is 8.00. The summed E-state index contributed by atoms with van der Waals surface area (Å²) >= 11 is 1.44. The van der Waals surface area contributed by atoms with Crippen LogP contribution in [0.1, 0.15) is 16.3 Å². The van der Waals surface area contributed by atoms with Gasteiger partial charge in [0.05, 0.1) is 5.39 Å². The molecule has 1 aromatic carbocycles. The largest absolute Gasteiger partial charge is 0.490 e. The van der Waals surface area contributed by atoms with Crippen molar-refractivity contribution in [3.8, 4) is 11.1 Å². The molecule has 0 aliphatic heterocycles. The Hall–Kier alpha value is -3.40. The van der Waals surface area contributed by atoms with Crippen molar-refractivity contribution >= 4 is 27.5 Å². The molecule has 0 radical (unpaired) electrons. The molecule has 0 aliphatic carbocycles. The number of nitrogens with one attached hydrogen (secondary N) is 1. The zero-order valence-electron chi connectivity index (χ0n) is 14.5. The second-order valence-corrected chi connectivity index (χ2v) is 7.29. The second kappa shape index (κ2) is 6.40. The molecule has 3 heterocycles. The van der Waals surface area contributed by atoms with Crippen molar-refractivity contribution in [1.29, 1.82) is 0 Å². The van der Waals surface area contributed by atoms with E-state index < -0.39 is 10.9 Å². The van der Waals surface area contributed by atoms with E-state index in [9.17, 15) is 14.9 Å². The standard InChI is InChI=1S/C17H14N6O3S/c1-9-3-5-11(6-4-9)13-10(2)27-16-14(13)15(24)19-12(20-16)7-22-8-18-17(21-22)23(25)26/h3-6,8H,7H2,1-2H3,(H,19,20,24). The Bertz CT molecular complexity index is 1220. The third-order valence-electron chi connectivity index (χ3n) is 4.13. The maximum Gasteiger partial charge on any atom is 0.490 e. The van der Waals surface area contributed by atoms with Crippen LogP contribution in [0.3, 0.4) is 0 Å². The number of benzene rings is 1. The first-order valence-electron chi connectivity index (χ1n) is 8.05. The SMILES string of the molecule is Cc1ccc(-c2c(C)sc3nc(Cn4cnc([N+](=O)[O-])n4)[nH]c(=O)c23)cc1. The van der Waals surface area contributed by atoms with Crippen LogP contribution in [-0.2, 0) is 6.54 Å². The fourth-order valence-corrected chi connectivity index (χ4v) is 3.97. The fourth-order valence-electron chi connectivity index (χ4n) is 2.90. The van der Waals surface area contributed by atoms with Crippen molar-refractivity contribution in [2.24, 2.45) is 0 Å². The summed E-state index contributed by atoms with van der Waals surface area (Å²) in [6.07, 6.45) is 1.24. The molecule has 0 fully saturated rings. The van der Waals surface area contributed by atoms with Crippen LogP contribution >= 0.6 is 11.3 Å². The molecule has 27 heavy (non-hydrogen) atoms. The van der Waals surface area contributed by atoms with Crippen LogP contribution in [0.4, 0.5) is 5.95 Å². The number of aryl methyl sites for hydroxylation is 2. The van der Waals surface area contributed by atoms with E-state index >= 15 is 0 Å². The van der Waals surface area contributed by atoms with Crippen LogP contribution < -0.4 is 5.56 Å². The van der Waals surface area contributed by atoms with Gasteiger partial charge < -0.3 is 15.1 Å². The average Bonchev–Trinajstić information content (AvgIpc) is 3.20. The van der Waals surface area contributed by atoms with E-state index in [-0.39, 0.29) is 12.1 Å². The van der Waals surface area contributed by atoms with E-state index in [4.69, 9.17) is 0 Å². The van der Waals surface area contributed by atoms with Crippen LogP contribution in [0, 0.1) is 24.0 Å². The quantitative estimate of drug-likeness (QED) is 0.428. The predicted molar refractivity (Wildman–Crippen MR) is 101 cm³/mol. The van der Waals surface area contributed by atoms with Crippen molar-refractivity contribution in [3.63, 3.8) is 0 Å². The van der Waals surface area contributed by atoms with E-state index in [1.807, 2.05) is 38.1 Å². The van der Waals surface area contributed by atoms with Crippen LogP contribution in [0.5, 0.6) is 0 Å². The number of hydrogen-bond donors (Lipinski definition) is 1. The van der Waals surface area contributed by atoms with Gasteiger partial charge in [0.2, 0.25) is 6.33 Å². The highest BCUT2D eigenvalue weighted by atomic mass is 32.1. The molecule has 0 bridgehead atoms. The molecule has 4 rings (SSSR count). The topological polar surface area (TPSA) is 120 Å². The number of hydrogen-bond acceptors (Lipinski definition) is 7. The summed E-state index contributed by atoms with van der Waals surface area (Å²) in [5.74, 6) is -0.129. The molecule has 3 aromatic heterocycles. The van der Waals surface area contributed by atoms with Gasteiger partial charge in [-0.05, 0) is 24.3 Å². The minimum atomic E-state index is -0.674. The molecule has 0 atom stereocenters. The third kappa shape index (κ3) is 3.10. The highest BCUT2D eigenvalue weighted by Crippen LogP contribution is 2.35. The Kier molecular flexibility index (Phi) is 4.04. The van der Waals surface area contributed by atoms with Crippen LogP contribution in [0.15, 0.2) is 35.4 Å². The molecule has 0 unspecified atom stereocenters. The van der Waals surface area contributed by atoms with Crippen LogP contribution in [0.2, 0.25) is 0 Å². The number of fused-ring (bicyclic) bond motifs is 1. The zero-order valence-corrected chi connectivity index (χ0v) is 15.3. The lowest BCUT2D eigenvalue weighted by Crippen LogP contribution is -2.14. The minimum absolute atomic E-state index is 0.0861. The van der Waals surface area contributed by atoms with Crippen molar-refractivity contribution in [2.75, 3.05) is 0 Å². The molecule has 1 N–H and O–H groups in total. The molecule has 0 saturated heterocycles. The van der Waals surface area contributed by atoms with Gasteiger partial charge >= 0.3 is 5.95 Å². The highest BCUT2D eigenvalue weighted by Gasteiger charge is 2.18. The third-order valence-corrected chi connectivity index (χ3v) is 5.13. The average molecular weight is 382 g/mol. The molecule has 136 valence electrons. The molecule has 0 saturated carbocycles. The minimum Gasteiger partial charge on any atom is -0.390 e. The van der Waals surface area contributed by atoms with Crippen LogP contribution in [-0.4, -0.2) is 29.7 Å². The number of nitrogens with zero attached hydrogens (tertiary/aromatic N) is 5. The van der Waals surface area contributed by atoms with Gasteiger partial charge in [-0.15, -0.1) is 11.3 Å². The Morgan fingerprint density at radius 2 is 2.00 bits per heavy atom. The van der Waals surface area contributed by atoms with Crippen molar-refractivity contribution in [3.05, 3.63) is 67.3 Å². The number of thiophene rings is 1. The Balaban J connectivity index is 1.77. The molecule has 0 spiro atoms. The van der Waals surface area contributed by atoms with Gasteiger partial charge in [0, 0.05) is 15.5 Å². The van der Waals surface area contributed by atoms with E-state index in [1.54, 1.807) is 0 Å². The van der Waals surface area contributed by atoms with E-state index in [2.05, 4.69) is 20.1 Å². The van der Waals surface area contributed by atoms with Crippen molar-refractivity contribution in [1.82, 2.24) is 24.7 Å². The number of aromatic amines is 1. The summed E-state index contributed by atoms with van der Waals surface area (Å²) in [6.45, 7) is 4.06. The van der Waals surface area contributed by atoms with Gasteiger partial charge in [-0.3, -0.25) is 4.79 Å². The molecule has 0 amide bonds. The Labute approximate surface area is 156 Å². The van der Waals surface area contributed by atoms with Gasteiger partial charge in [0.25, 0.3) is 5.56 Å². The number of H-pyrrole nitrogens is 1. The zero-order chi connectivity index (χ0) is 19.1. The number of nitro groups is 1. The first-order valence-corrected chi connectivity index (χ1v) is 8.87. The maximum atomic E-state index is 12.7. The number of aromatic nitrogens is 5. The molecular formula is C17H14N6O3S. The van der Waals surface area contributed by atoms with E-state index in [0.717, 1.165) is 21.6 Å². The van der Waals surface area contributed by atoms with Gasteiger partial charge in [-0.25, -0.2) is 4.98 Å². The normalized spacial score (nSPS) is 11.2. The Morgan fingerprint density at radius 3 is 2.67 bits per heavy atom. The smallest absolute Gasteiger partial charge is 0.390 e. The summed E-state index contributed by atoms with van der Waals surface area (Å²) < 4.78 is 1.27. The first kappa shape index (κ1) is 17.0.